The van der Waals surface area contributed by atoms with E-state index in [4.69, 9.17) is 5.73 Å². The first kappa shape index (κ1) is 23.8. The molecule has 12 heteroatoms. The number of nitrogens with two attached hydrogens (primary N) is 1. The van der Waals surface area contributed by atoms with Crippen molar-refractivity contribution in [2.45, 2.75) is 6.54 Å². The van der Waals surface area contributed by atoms with E-state index in [9.17, 15) is 22.7 Å². The molecule has 3 N–H and O–H groups in total. The van der Waals surface area contributed by atoms with E-state index in [0.29, 0.717) is 28.0 Å². The van der Waals surface area contributed by atoms with Crippen LogP contribution in [-0.4, -0.2) is 52.0 Å². The highest BCUT2D eigenvalue weighted by Gasteiger charge is 2.26. The summed E-state index contributed by atoms with van der Waals surface area (Å²) in [5.74, 6) is -1.99. The molecule has 35 heavy (non-hydrogen) atoms. The highest BCUT2D eigenvalue weighted by molar-refractivity contribution is 7.95. The Bertz CT molecular complexity index is 1550. The molecule has 0 radical (unpaired) electrons. The minimum Gasteiger partial charge on any atom is -0.505 e. The molecular weight excluding hydrogens is 475 g/mol. The van der Waals surface area contributed by atoms with Crippen LogP contribution in [0.1, 0.15) is 0 Å². The minimum absolute atomic E-state index is 0.0200. The van der Waals surface area contributed by atoms with Crippen LogP contribution in [0.15, 0.2) is 66.3 Å². The molecule has 0 saturated carbocycles. The van der Waals surface area contributed by atoms with Crippen molar-refractivity contribution in [3.8, 4) is 17.0 Å². The largest absolute Gasteiger partial charge is 0.505 e. The second-order valence-corrected chi connectivity index (χ2v) is 9.72. The number of aromatic nitrogens is 4. The van der Waals surface area contributed by atoms with E-state index in [2.05, 4.69) is 21.6 Å². The molecule has 0 spiro atoms. The number of rotatable bonds is 7. The molecule has 0 bridgehead atoms. The lowest BCUT2D eigenvalue weighted by Crippen LogP contribution is -2.36. The number of anilines is 2. The Morgan fingerprint density at radius 3 is 2.57 bits per heavy atom. The summed E-state index contributed by atoms with van der Waals surface area (Å²) >= 11 is 0. The molecule has 180 valence electrons. The van der Waals surface area contributed by atoms with Crippen LogP contribution < -0.4 is 10.6 Å². The number of nitrogens with zero attached hydrogens (tertiary/aromatic N) is 5. The topological polar surface area (TPSA) is 144 Å². The average Bonchev–Trinajstić information content (AvgIpc) is 3.20. The number of halogens is 1. The summed E-state index contributed by atoms with van der Waals surface area (Å²) in [5, 5.41) is 14.7. The van der Waals surface area contributed by atoms with Gasteiger partial charge in [-0.3, -0.25) is 4.79 Å². The lowest BCUT2D eigenvalue weighted by molar-refractivity contribution is -0.114. The van der Waals surface area contributed by atoms with Crippen molar-refractivity contribution in [1.82, 2.24) is 19.7 Å². The van der Waals surface area contributed by atoms with Gasteiger partial charge in [-0.15, -0.1) is 0 Å². The quantitative estimate of drug-likeness (QED) is 0.371. The molecule has 0 atom stereocenters. The van der Waals surface area contributed by atoms with Crippen LogP contribution in [-0.2, 0) is 21.2 Å². The van der Waals surface area contributed by atoms with Gasteiger partial charge in [-0.25, -0.2) is 27.5 Å². The van der Waals surface area contributed by atoms with Gasteiger partial charge >= 0.3 is 0 Å². The highest BCUT2D eigenvalue weighted by atomic mass is 32.2. The van der Waals surface area contributed by atoms with Crippen LogP contribution >= 0.6 is 0 Å². The van der Waals surface area contributed by atoms with Crippen molar-refractivity contribution in [1.29, 1.82) is 0 Å². The molecule has 2 heterocycles. The molecule has 4 rings (SSSR count). The number of aromatic hydroxyl groups is 1. The molecule has 1 amide bonds. The zero-order valence-corrected chi connectivity index (χ0v) is 19.4. The fourth-order valence-electron chi connectivity index (χ4n) is 3.51. The van der Waals surface area contributed by atoms with Crippen LogP contribution in [0.2, 0.25) is 0 Å². The number of phenolic OH excluding ortho intramolecular Hbond substituents is 1. The number of benzene rings is 2. The normalized spacial score (nSPS) is 11.5. The number of phenols is 1. The summed E-state index contributed by atoms with van der Waals surface area (Å²) in [5.41, 5.74) is 7.59. The van der Waals surface area contributed by atoms with Gasteiger partial charge in [0, 0.05) is 24.1 Å². The van der Waals surface area contributed by atoms with Crippen LogP contribution in [0.5, 0.6) is 5.75 Å². The van der Waals surface area contributed by atoms with Crippen LogP contribution in [0, 0.1) is 5.82 Å². The van der Waals surface area contributed by atoms with Gasteiger partial charge in [0.1, 0.15) is 22.7 Å². The SMILES string of the molecule is C=C(C(=O)N(CCn1nc(-c2ccc(F)c(O)c2)c2c(N)ncnc21)c1ccccc1)S(C)(=O)=O. The van der Waals surface area contributed by atoms with Gasteiger partial charge in [-0.2, -0.15) is 5.10 Å². The summed E-state index contributed by atoms with van der Waals surface area (Å²) in [6.45, 7) is 3.57. The third-order valence-electron chi connectivity index (χ3n) is 5.31. The van der Waals surface area contributed by atoms with Gasteiger partial charge in [0.25, 0.3) is 5.91 Å². The molecule has 4 aromatic rings. The second kappa shape index (κ2) is 9.14. The number of para-hydroxylation sites is 1. The first-order valence-corrected chi connectivity index (χ1v) is 12.2. The van der Waals surface area contributed by atoms with E-state index >= 15 is 0 Å². The number of sulfone groups is 1. The maximum atomic E-state index is 13.6. The molecule has 0 aliphatic rings. The number of hydrogen-bond acceptors (Lipinski definition) is 8. The Hall–Kier alpha value is -4.32. The van der Waals surface area contributed by atoms with Crippen molar-refractivity contribution < 1.29 is 22.7 Å². The van der Waals surface area contributed by atoms with Crippen molar-refractivity contribution in [2.24, 2.45) is 0 Å². The summed E-state index contributed by atoms with van der Waals surface area (Å²) in [7, 11) is -3.82. The van der Waals surface area contributed by atoms with E-state index in [0.717, 1.165) is 12.3 Å². The average molecular weight is 497 g/mol. The molecular formula is C23H21FN6O4S. The molecule has 0 aliphatic heterocycles. The van der Waals surface area contributed by atoms with E-state index in [1.165, 1.54) is 28.0 Å². The molecule has 2 aromatic heterocycles. The fraction of sp³-hybridized carbons (Fsp3) is 0.130. The number of carbonyl (C=O) groups excluding carboxylic acids is 1. The standard InChI is InChI=1S/C23H21FN6O4S/c1-14(35(2,33)34)23(32)29(16-6-4-3-5-7-16)10-11-30-22-19(21(25)26-13-27-22)20(28-30)15-8-9-17(24)18(31)12-15/h3-9,12-13,31H,1,10-11H2,2H3,(H2,25,26,27). The van der Waals surface area contributed by atoms with Crippen LogP contribution in [0.4, 0.5) is 15.9 Å². The van der Waals surface area contributed by atoms with Crippen molar-refractivity contribution in [2.75, 3.05) is 23.4 Å². The van der Waals surface area contributed by atoms with Gasteiger partial charge in [-0.05, 0) is 30.3 Å². The van der Waals surface area contributed by atoms with Gasteiger partial charge < -0.3 is 15.7 Å². The van der Waals surface area contributed by atoms with Gasteiger partial charge in [0.15, 0.2) is 27.1 Å². The lowest BCUT2D eigenvalue weighted by Gasteiger charge is -2.23. The summed E-state index contributed by atoms with van der Waals surface area (Å²) in [6, 6.07) is 12.3. The lowest BCUT2D eigenvalue weighted by atomic mass is 10.1. The van der Waals surface area contributed by atoms with Crippen molar-refractivity contribution in [3.63, 3.8) is 0 Å². The Morgan fingerprint density at radius 1 is 1.20 bits per heavy atom. The van der Waals surface area contributed by atoms with Gasteiger partial charge in [0.05, 0.1) is 11.9 Å². The van der Waals surface area contributed by atoms with E-state index < -0.39 is 32.2 Å². The molecule has 0 fully saturated rings. The first-order chi connectivity index (χ1) is 16.6. The first-order valence-electron chi connectivity index (χ1n) is 10.3. The maximum absolute atomic E-state index is 13.6. The number of hydrogen-bond donors (Lipinski definition) is 2. The van der Waals surface area contributed by atoms with E-state index in [-0.39, 0.29) is 18.9 Å². The smallest absolute Gasteiger partial charge is 0.269 e. The summed E-state index contributed by atoms with van der Waals surface area (Å²) in [6.07, 6.45) is 2.18. The van der Waals surface area contributed by atoms with Crippen molar-refractivity contribution in [3.05, 3.63) is 72.2 Å². The fourth-order valence-corrected chi connectivity index (χ4v) is 3.94. The number of amides is 1. The van der Waals surface area contributed by atoms with Crippen molar-refractivity contribution >= 4 is 38.3 Å². The third kappa shape index (κ3) is 4.68. The van der Waals surface area contributed by atoms with E-state index in [1.807, 2.05) is 0 Å². The Kier molecular flexibility index (Phi) is 6.22. The monoisotopic (exact) mass is 496 g/mol. The van der Waals surface area contributed by atoms with Gasteiger partial charge in [-0.1, -0.05) is 24.8 Å². The highest BCUT2D eigenvalue weighted by Crippen LogP contribution is 2.32. The van der Waals surface area contributed by atoms with Crippen LogP contribution in [0.25, 0.3) is 22.3 Å². The number of fused-ring (bicyclic) bond motifs is 1. The molecule has 0 aliphatic carbocycles. The molecule has 0 saturated heterocycles. The summed E-state index contributed by atoms with van der Waals surface area (Å²) < 4.78 is 39.0. The maximum Gasteiger partial charge on any atom is 0.269 e. The molecule has 10 nitrogen and oxygen atoms in total. The zero-order valence-electron chi connectivity index (χ0n) is 18.6. The minimum atomic E-state index is -3.82. The summed E-state index contributed by atoms with van der Waals surface area (Å²) in [4.78, 5) is 22.0. The number of nitrogen functional groups attached to an aromatic ring is 1. The zero-order chi connectivity index (χ0) is 25.3. The second-order valence-electron chi connectivity index (χ2n) is 7.68. The number of carbonyl (C=O) groups is 1. The Balaban J connectivity index is 1.75. The Morgan fingerprint density at radius 2 is 1.91 bits per heavy atom. The molecule has 2 aromatic carbocycles. The third-order valence-corrected chi connectivity index (χ3v) is 6.38. The molecule has 0 unspecified atom stereocenters. The van der Waals surface area contributed by atoms with E-state index in [1.54, 1.807) is 30.3 Å². The van der Waals surface area contributed by atoms with Crippen LogP contribution in [0.3, 0.4) is 0 Å². The predicted molar refractivity (Wildman–Crippen MR) is 130 cm³/mol. The Labute approximate surface area is 200 Å². The van der Waals surface area contributed by atoms with Gasteiger partial charge in [0.2, 0.25) is 0 Å². The predicted octanol–water partition coefficient (Wildman–Crippen LogP) is 2.51.